The van der Waals surface area contributed by atoms with Crippen LogP contribution in [-0.2, 0) is 16.1 Å². The number of hydrogen-bond acceptors (Lipinski definition) is 4. The maximum absolute atomic E-state index is 11.5. The van der Waals surface area contributed by atoms with E-state index < -0.39 is 0 Å². The Morgan fingerprint density at radius 3 is 2.94 bits per heavy atom. The molecule has 0 bridgehead atoms. The van der Waals surface area contributed by atoms with Gasteiger partial charge in [-0.05, 0) is 22.0 Å². The summed E-state index contributed by atoms with van der Waals surface area (Å²) in [5.41, 5.74) is 6.46. The van der Waals surface area contributed by atoms with Crippen molar-refractivity contribution in [3.63, 3.8) is 0 Å². The smallest absolute Gasteiger partial charge is 0.258 e. The molecule has 0 radical (unpaired) electrons. The lowest BCUT2D eigenvalue weighted by Crippen LogP contribution is -2.31. The van der Waals surface area contributed by atoms with Crippen LogP contribution in [0.5, 0.6) is 5.75 Å². The van der Waals surface area contributed by atoms with Gasteiger partial charge in [0.2, 0.25) is 0 Å². The number of methoxy groups -OCH3 is 1. The number of ether oxygens (including phenoxy) is 2. The molecule has 1 aromatic carbocycles. The fraction of sp³-hybridized carbons (Fsp3) is 0.417. The molecule has 0 atom stereocenters. The predicted molar refractivity (Wildman–Crippen MR) is 72.4 cm³/mol. The highest BCUT2D eigenvalue weighted by Crippen LogP contribution is 2.28. The van der Waals surface area contributed by atoms with Crippen molar-refractivity contribution >= 4 is 21.8 Å². The molecule has 0 heterocycles. The number of nitrogens with two attached hydrogens (primary N) is 1. The van der Waals surface area contributed by atoms with Crippen molar-refractivity contribution in [2.45, 2.75) is 6.54 Å². The molecule has 0 saturated carbocycles. The molecule has 0 aliphatic carbocycles. The molecule has 1 amide bonds. The van der Waals surface area contributed by atoms with Crippen LogP contribution in [0.1, 0.15) is 5.56 Å². The summed E-state index contributed by atoms with van der Waals surface area (Å²) in [6.07, 6.45) is 0. The number of hydrogen-bond donors (Lipinski definition) is 2. The Hall–Kier alpha value is -1.11. The van der Waals surface area contributed by atoms with Crippen LogP contribution in [0.2, 0.25) is 0 Å². The van der Waals surface area contributed by atoms with Gasteiger partial charge in [0, 0.05) is 25.8 Å². The summed E-state index contributed by atoms with van der Waals surface area (Å²) in [4.78, 5) is 11.5. The van der Waals surface area contributed by atoms with Crippen LogP contribution in [0, 0.1) is 0 Å². The van der Waals surface area contributed by atoms with Gasteiger partial charge in [-0.25, -0.2) is 0 Å². The topological polar surface area (TPSA) is 73.6 Å². The largest absolute Gasteiger partial charge is 0.482 e. The van der Waals surface area contributed by atoms with Crippen LogP contribution in [0.4, 0.5) is 0 Å². The third kappa shape index (κ3) is 4.64. The Morgan fingerprint density at radius 2 is 2.28 bits per heavy atom. The van der Waals surface area contributed by atoms with Crippen molar-refractivity contribution in [2.24, 2.45) is 5.73 Å². The lowest BCUT2D eigenvalue weighted by Gasteiger charge is -2.12. The summed E-state index contributed by atoms with van der Waals surface area (Å²) in [5, 5.41) is 2.68. The van der Waals surface area contributed by atoms with E-state index in [1.54, 1.807) is 7.11 Å². The molecule has 5 nitrogen and oxygen atoms in total. The first-order valence-corrected chi connectivity index (χ1v) is 6.34. The van der Waals surface area contributed by atoms with Crippen LogP contribution < -0.4 is 15.8 Å². The number of amides is 1. The molecule has 0 aliphatic heterocycles. The van der Waals surface area contributed by atoms with E-state index in [9.17, 15) is 4.79 Å². The lowest BCUT2D eigenvalue weighted by molar-refractivity contribution is -0.123. The second-order valence-electron chi connectivity index (χ2n) is 3.56. The van der Waals surface area contributed by atoms with Crippen molar-refractivity contribution in [2.75, 3.05) is 26.9 Å². The van der Waals surface area contributed by atoms with Gasteiger partial charge in [-0.2, -0.15) is 0 Å². The second kappa shape index (κ2) is 8.07. The Labute approximate surface area is 115 Å². The zero-order chi connectivity index (χ0) is 13.4. The highest BCUT2D eigenvalue weighted by Gasteiger charge is 2.09. The molecule has 0 saturated heterocycles. The van der Waals surface area contributed by atoms with E-state index in [-0.39, 0.29) is 12.5 Å². The minimum Gasteiger partial charge on any atom is -0.482 e. The summed E-state index contributed by atoms with van der Waals surface area (Å²) in [6, 6.07) is 5.58. The van der Waals surface area contributed by atoms with Gasteiger partial charge < -0.3 is 20.5 Å². The Kier molecular flexibility index (Phi) is 6.70. The van der Waals surface area contributed by atoms with E-state index in [0.29, 0.717) is 25.4 Å². The van der Waals surface area contributed by atoms with E-state index in [4.69, 9.17) is 15.2 Å². The highest BCUT2D eigenvalue weighted by molar-refractivity contribution is 9.10. The van der Waals surface area contributed by atoms with Gasteiger partial charge in [0.05, 0.1) is 11.1 Å². The number of halogens is 1. The molecular weight excluding hydrogens is 300 g/mol. The van der Waals surface area contributed by atoms with Gasteiger partial charge in [0.15, 0.2) is 6.61 Å². The molecule has 0 fully saturated rings. The van der Waals surface area contributed by atoms with E-state index in [1.165, 1.54) is 0 Å². The normalized spacial score (nSPS) is 10.2. The molecule has 0 aromatic heterocycles. The lowest BCUT2D eigenvalue weighted by atomic mass is 10.2. The van der Waals surface area contributed by atoms with Crippen LogP contribution in [0.15, 0.2) is 22.7 Å². The highest BCUT2D eigenvalue weighted by atomic mass is 79.9. The minimum atomic E-state index is -0.189. The van der Waals surface area contributed by atoms with Crippen molar-refractivity contribution in [3.8, 4) is 5.75 Å². The fourth-order valence-electron chi connectivity index (χ4n) is 1.36. The Balaban J connectivity index is 2.50. The van der Waals surface area contributed by atoms with Crippen LogP contribution in [0.3, 0.4) is 0 Å². The quantitative estimate of drug-likeness (QED) is 0.737. The molecule has 1 rings (SSSR count). The maximum Gasteiger partial charge on any atom is 0.258 e. The molecule has 3 N–H and O–H groups in total. The second-order valence-corrected chi connectivity index (χ2v) is 4.42. The molecule has 100 valence electrons. The molecule has 18 heavy (non-hydrogen) atoms. The van der Waals surface area contributed by atoms with Crippen LogP contribution in [-0.4, -0.2) is 32.8 Å². The summed E-state index contributed by atoms with van der Waals surface area (Å²) < 4.78 is 11.1. The van der Waals surface area contributed by atoms with E-state index in [0.717, 1.165) is 10.0 Å². The van der Waals surface area contributed by atoms with Crippen molar-refractivity contribution < 1.29 is 14.3 Å². The Morgan fingerprint density at radius 1 is 1.50 bits per heavy atom. The minimum absolute atomic E-state index is 0.0423. The average molecular weight is 317 g/mol. The maximum atomic E-state index is 11.5. The number of carbonyl (C=O) groups excluding carboxylic acids is 1. The van der Waals surface area contributed by atoms with Gasteiger partial charge in [-0.3, -0.25) is 4.79 Å². The number of benzene rings is 1. The van der Waals surface area contributed by atoms with Gasteiger partial charge in [0.1, 0.15) is 5.75 Å². The van der Waals surface area contributed by atoms with E-state index in [1.807, 2.05) is 18.2 Å². The standard InChI is InChI=1S/C12H17BrN2O3/c1-17-6-5-15-11(16)8-18-12-9(7-14)3-2-4-10(12)13/h2-4H,5-8,14H2,1H3,(H,15,16). The van der Waals surface area contributed by atoms with Gasteiger partial charge in [-0.1, -0.05) is 12.1 Å². The molecule has 0 spiro atoms. The number of carbonyl (C=O) groups is 1. The summed E-state index contributed by atoms with van der Waals surface area (Å²) in [7, 11) is 1.58. The number of rotatable bonds is 7. The zero-order valence-electron chi connectivity index (χ0n) is 10.2. The summed E-state index contributed by atoms with van der Waals surface area (Å²) >= 11 is 3.37. The van der Waals surface area contributed by atoms with Crippen LogP contribution >= 0.6 is 15.9 Å². The third-order valence-corrected chi connectivity index (χ3v) is 2.87. The zero-order valence-corrected chi connectivity index (χ0v) is 11.8. The van der Waals surface area contributed by atoms with E-state index in [2.05, 4.69) is 21.2 Å². The van der Waals surface area contributed by atoms with Gasteiger partial charge in [0.25, 0.3) is 5.91 Å². The molecule has 1 aromatic rings. The molecule has 6 heteroatoms. The third-order valence-electron chi connectivity index (χ3n) is 2.24. The summed E-state index contributed by atoms with van der Waals surface area (Å²) in [6.45, 7) is 1.27. The first-order valence-electron chi connectivity index (χ1n) is 5.55. The number of para-hydroxylation sites is 1. The van der Waals surface area contributed by atoms with Crippen LogP contribution in [0.25, 0.3) is 0 Å². The predicted octanol–water partition coefficient (Wildman–Crippen LogP) is 1.05. The first kappa shape index (κ1) is 14.9. The van der Waals surface area contributed by atoms with Crippen molar-refractivity contribution in [1.29, 1.82) is 0 Å². The van der Waals surface area contributed by atoms with Gasteiger partial charge in [-0.15, -0.1) is 0 Å². The monoisotopic (exact) mass is 316 g/mol. The number of nitrogens with one attached hydrogen (secondary N) is 1. The van der Waals surface area contributed by atoms with E-state index >= 15 is 0 Å². The van der Waals surface area contributed by atoms with Gasteiger partial charge >= 0.3 is 0 Å². The van der Waals surface area contributed by atoms with Crippen molar-refractivity contribution in [3.05, 3.63) is 28.2 Å². The van der Waals surface area contributed by atoms with Crippen molar-refractivity contribution in [1.82, 2.24) is 5.32 Å². The average Bonchev–Trinajstić information content (AvgIpc) is 2.37. The molecule has 0 aliphatic rings. The Bertz CT molecular complexity index is 399. The fourth-order valence-corrected chi connectivity index (χ4v) is 1.88. The molecule has 0 unspecified atom stereocenters. The SMILES string of the molecule is COCCNC(=O)COc1c(Br)cccc1CN. The first-order chi connectivity index (χ1) is 8.69. The molecular formula is C12H17BrN2O3. The summed E-state index contributed by atoms with van der Waals surface area (Å²) in [5.74, 6) is 0.424.